The Morgan fingerprint density at radius 1 is 0.935 bits per heavy atom. The van der Waals surface area contributed by atoms with Gasteiger partial charge in [0.15, 0.2) is 0 Å². The van der Waals surface area contributed by atoms with Crippen molar-refractivity contribution in [2.45, 2.75) is 57.8 Å². The van der Waals surface area contributed by atoms with Crippen LogP contribution in [0.1, 0.15) is 80.0 Å². The van der Waals surface area contributed by atoms with Gasteiger partial charge in [-0.2, -0.15) is 0 Å². The number of aliphatic imine (C=N–C) groups is 1. The van der Waals surface area contributed by atoms with Crippen molar-refractivity contribution in [1.82, 2.24) is 0 Å². The van der Waals surface area contributed by atoms with Gasteiger partial charge in [0, 0.05) is 11.1 Å². The van der Waals surface area contributed by atoms with Crippen LogP contribution in [0.5, 0.6) is 0 Å². The molecule has 1 saturated carbocycles. The van der Waals surface area contributed by atoms with E-state index in [2.05, 4.69) is 65.2 Å². The number of isothiocyanates is 1. The summed E-state index contributed by atoms with van der Waals surface area (Å²) in [5.41, 5.74) is 1.97. The molecule has 4 heteroatoms. The summed E-state index contributed by atoms with van der Waals surface area (Å²) in [5, 5.41) is 2.08. The van der Waals surface area contributed by atoms with Crippen LogP contribution in [0.15, 0.2) is 41.4 Å². The van der Waals surface area contributed by atoms with Crippen molar-refractivity contribution in [3.05, 3.63) is 70.3 Å². The van der Waals surface area contributed by atoms with Gasteiger partial charge in [-0.05, 0) is 85.5 Å². The third-order valence-corrected chi connectivity index (χ3v) is 5.96. The molecule has 0 N–H and O–H groups in total. The molecule has 0 radical (unpaired) electrons. The average molecular weight is 434 g/mol. The fraction of sp³-hybridized carbons (Fsp3) is 0.370. The molecule has 1 nitrogen and oxygen atoms in total. The minimum Gasteiger partial charge on any atom is -0.205 e. The van der Waals surface area contributed by atoms with Crippen molar-refractivity contribution in [3.8, 4) is 23.8 Å². The Bertz CT molecular complexity index is 1050. The maximum Gasteiger partial charge on any atom is 0.143 e. The highest BCUT2D eigenvalue weighted by Crippen LogP contribution is 2.37. The Kier molecular flexibility index (Phi) is 8.54. The van der Waals surface area contributed by atoms with Gasteiger partial charge in [0.2, 0.25) is 0 Å². The van der Waals surface area contributed by atoms with Crippen LogP contribution in [0.2, 0.25) is 0 Å². The van der Waals surface area contributed by atoms with Gasteiger partial charge in [0.1, 0.15) is 11.6 Å². The van der Waals surface area contributed by atoms with Crippen LogP contribution in [0.25, 0.3) is 0 Å². The van der Waals surface area contributed by atoms with E-state index in [1.165, 1.54) is 50.5 Å². The Labute approximate surface area is 189 Å². The standard InChI is InChI=1S/C27H25F2NS/c1-2-3-4-20-5-10-23(11-6-20)24-12-7-21(8-13-24)9-14-25-26(28)17-22(18-27(25)29)15-16-30-19-31/h7-8,12-13,17-18,20,23H,2-6,10-11H2,1H3. The second-order valence-corrected chi connectivity index (χ2v) is 8.17. The molecule has 3 rings (SSSR count). The van der Waals surface area contributed by atoms with Gasteiger partial charge in [-0.1, -0.05) is 50.2 Å². The highest BCUT2D eigenvalue weighted by molar-refractivity contribution is 7.78. The molecule has 0 amide bonds. The van der Waals surface area contributed by atoms with Crippen molar-refractivity contribution in [2.75, 3.05) is 0 Å². The van der Waals surface area contributed by atoms with Gasteiger partial charge in [0.05, 0.1) is 16.8 Å². The van der Waals surface area contributed by atoms with Crippen molar-refractivity contribution in [3.63, 3.8) is 0 Å². The molecule has 2 aromatic rings. The minimum atomic E-state index is -0.750. The second kappa shape index (κ2) is 11.6. The van der Waals surface area contributed by atoms with Crippen molar-refractivity contribution in [2.24, 2.45) is 10.9 Å². The predicted molar refractivity (Wildman–Crippen MR) is 125 cm³/mol. The van der Waals surface area contributed by atoms with E-state index in [1.54, 1.807) is 0 Å². The van der Waals surface area contributed by atoms with Gasteiger partial charge in [-0.15, -0.1) is 4.99 Å². The average Bonchev–Trinajstić information content (AvgIpc) is 2.78. The van der Waals surface area contributed by atoms with Crippen LogP contribution in [-0.2, 0) is 0 Å². The van der Waals surface area contributed by atoms with Crippen LogP contribution >= 0.6 is 12.2 Å². The summed E-state index contributed by atoms with van der Waals surface area (Å²) in [7, 11) is 0. The highest BCUT2D eigenvalue weighted by Gasteiger charge is 2.21. The third kappa shape index (κ3) is 6.60. The topological polar surface area (TPSA) is 12.4 Å². The molecule has 0 saturated heterocycles. The molecule has 0 heterocycles. The van der Waals surface area contributed by atoms with E-state index >= 15 is 0 Å². The van der Waals surface area contributed by atoms with Crippen LogP contribution in [0.4, 0.5) is 8.78 Å². The number of halogens is 2. The van der Waals surface area contributed by atoms with Crippen LogP contribution in [0, 0.1) is 41.4 Å². The van der Waals surface area contributed by atoms with Crippen LogP contribution < -0.4 is 0 Å². The smallest absolute Gasteiger partial charge is 0.143 e. The van der Waals surface area contributed by atoms with E-state index in [-0.39, 0.29) is 11.1 Å². The maximum absolute atomic E-state index is 14.3. The largest absolute Gasteiger partial charge is 0.205 e. The molecule has 0 unspecified atom stereocenters. The normalized spacial score (nSPS) is 17.5. The molecule has 0 aliphatic heterocycles. The number of hydrogen-bond acceptors (Lipinski definition) is 2. The fourth-order valence-corrected chi connectivity index (χ4v) is 4.18. The zero-order valence-corrected chi connectivity index (χ0v) is 18.5. The summed E-state index contributed by atoms with van der Waals surface area (Å²) in [6.07, 6.45) is 9.06. The number of benzene rings is 2. The summed E-state index contributed by atoms with van der Waals surface area (Å²) in [5.74, 6) is 7.97. The first-order chi connectivity index (χ1) is 15.1. The molecule has 0 aromatic heterocycles. The molecule has 31 heavy (non-hydrogen) atoms. The van der Waals surface area contributed by atoms with Gasteiger partial charge in [-0.3, -0.25) is 0 Å². The van der Waals surface area contributed by atoms with Crippen molar-refractivity contribution in [1.29, 1.82) is 0 Å². The lowest BCUT2D eigenvalue weighted by Gasteiger charge is -2.28. The molecule has 0 spiro atoms. The summed E-state index contributed by atoms with van der Waals surface area (Å²) >= 11 is 4.40. The molecule has 1 fully saturated rings. The van der Waals surface area contributed by atoms with Crippen LogP contribution in [-0.4, -0.2) is 5.16 Å². The maximum atomic E-state index is 14.3. The summed E-state index contributed by atoms with van der Waals surface area (Å²) in [4.78, 5) is 3.41. The number of nitrogens with zero attached hydrogens (tertiary/aromatic N) is 1. The lowest BCUT2D eigenvalue weighted by Crippen LogP contribution is -2.13. The molecule has 1 aliphatic carbocycles. The lowest BCUT2D eigenvalue weighted by molar-refractivity contribution is 0.304. The SMILES string of the molecule is CCCCC1CCC(c2ccc(C#Cc3c(F)cc(C#CN=C=S)cc3F)cc2)CC1. The second-order valence-electron chi connectivity index (χ2n) is 7.99. The highest BCUT2D eigenvalue weighted by atomic mass is 32.1. The molecular weight excluding hydrogens is 408 g/mol. The monoisotopic (exact) mass is 433 g/mol. The molecule has 158 valence electrons. The number of unbranched alkanes of at least 4 members (excludes halogenated alkanes) is 1. The molecule has 1 aliphatic rings. The molecule has 0 bridgehead atoms. The van der Waals surface area contributed by atoms with Gasteiger partial charge in [0.25, 0.3) is 0 Å². The Hall–Kier alpha value is -2.78. The lowest BCUT2D eigenvalue weighted by atomic mass is 9.77. The Morgan fingerprint density at radius 3 is 2.23 bits per heavy atom. The number of rotatable bonds is 4. The number of thiocarbonyl (C=S) groups is 1. The fourth-order valence-electron chi connectivity index (χ4n) is 4.13. The Morgan fingerprint density at radius 2 is 1.61 bits per heavy atom. The van der Waals surface area contributed by atoms with E-state index in [1.807, 2.05) is 12.1 Å². The first kappa shape index (κ1) is 22.9. The molecular formula is C27H25F2NS. The van der Waals surface area contributed by atoms with Gasteiger partial charge < -0.3 is 0 Å². The quantitative estimate of drug-likeness (QED) is 0.281. The summed E-state index contributed by atoms with van der Waals surface area (Å²) < 4.78 is 28.5. The molecule has 2 aromatic carbocycles. The minimum absolute atomic E-state index is 0.170. The van der Waals surface area contributed by atoms with E-state index in [0.717, 1.165) is 23.6 Å². The first-order valence-corrected chi connectivity index (χ1v) is 11.2. The first-order valence-electron chi connectivity index (χ1n) is 10.8. The van der Waals surface area contributed by atoms with E-state index in [0.29, 0.717) is 5.92 Å². The van der Waals surface area contributed by atoms with E-state index in [4.69, 9.17) is 0 Å². The summed E-state index contributed by atoms with van der Waals surface area (Å²) in [6.45, 7) is 2.25. The van der Waals surface area contributed by atoms with Crippen molar-refractivity contribution < 1.29 is 8.78 Å². The zero-order valence-electron chi connectivity index (χ0n) is 17.7. The number of hydrogen-bond donors (Lipinski definition) is 0. The zero-order chi connectivity index (χ0) is 22.1. The van der Waals surface area contributed by atoms with Gasteiger partial charge in [-0.25, -0.2) is 8.78 Å². The molecule has 0 atom stereocenters. The van der Waals surface area contributed by atoms with Crippen molar-refractivity contribution >= 4 is 17.4 Å². The Balaban J connectivity index is 1.66. The third-order valence-electron chi connectivity index (χ3n) is 5.87. The summed E-state index contributed by atoms with van der Waals surface area (Å²) in [6, 6.07) is 12.7. The van der Waals surface area contributed by atoms with E-state index < -0.39 is 11.6 Å². The van der Waals surface area contributed by atoms with E-state index in [9.17, 15) is 8.78 Å². The van der Waals surface area contributed by atoms with Gasteiger partial charge >= 0.3 is 0 Å². The predicted octanol–water partition coefficient (Wildman–Crippen LogP) is 7.24. The van der Waals surface area contributed by atoms with Crippen LogP contribution in [0.3, 0.4) is 0 Å².